The summed E-state index contributed by atoms with van der Waals surface area (Å²) in [4.78, 5) is 4.10. The Hall–Kier alpha value is -0.310. The van der Waals surface area contributed by atoms with Crippen LogP contribution in [0.25, 0.3) is 0 Å². The number of thiazole rings is 1. The minimum Gasteiger partial charge on any atom is -0.374 e. The fourth-order valence-corrected chi connectivity index (χ4v) is 3.79. The van der Waals surface area contributed by atoms with Crippen molar-refractivity contribution >= 4 is 23.1 Å². The number of nitrogens with one attached hydrogen (secondary N) is 1. The SMILES string of the molecule is CCCNC(c1cnc(C(F)(F)F)s1)C1CSCCO1. The molecule has 20 heavy (non-hydrogen) atoms. The van der Waals surface area contributed by atoms with Crippen LogP contribution in [0.15, 0.2) is 6.20 Å². The number of aromatic nitrogens is 1. The third-order valence-corrected chi connectivity index (χ3v) is 5.05. The van der Waals surface area contributed by atoms with E-state index in [1.165, 1.54) is 6.20 Å². The first-order valence-corrected chi connectivity index (χ1v) is 8.45. The van der Waals surface area contributed by atoms with Crippen LogP contribution >= 0.6 is 23.1 Å². The summed E-state index contributed by atoms with van der Waals surface area (Å²) in [6.07, 6.45) is -2.23. The normalized spacial score (nSPS) is 21.9. The monoisotopic (exact) mass is 326 g/mol. The number of thioether (sulfide) groups is 1. The van der Waals surface area contributed by atoms with E-state index in [4.69, 9.17) is 4.74 Å². The second-order valence-corrected chi connectivity index (χ2v) is 6.69. The summed E-state index contributed by atoms with van der Waals surface area (Å²) in [5.41, 5.74) is 0. The van der Waals surface area contributed by atoms with Gasteiger partial charge in [-0.1, -0.05) is 6.92 Å². The molecule has 1 aliphatic rings. The molecule has 0 bridgehead atoms. The first-order valence-electron chi connectivity index (χ1n) is 6.48. The molecule has 0 radical (unpaired) electrons. The number of hydrogen-bond donors (Lipinski definition) is 1. The molecular formula is C12H17F3N2OS2. The number of rotatable bonds is 5. The van der Waals surface area contributed by atoms with Crippen molar-refractivity contribution in [3.63, 3.8) is 0 Å². The largest absolute Gasteiger partial charge is 0.443 e. The van der Waals surface area contributed by atoms with Gasteiger partial charge in [0.25, 0.3) is 0 Å². The van der Waals surface area contributed by atoms with Crippen LogP contribution in [-0.4, -0.2) is 35.7 Å². The number of hydrogen-bond acceptors (Lipinski definition) is 5. The summed E-state index contributed by atoms with van der Waals surface area (Å²) in [7, 11) is 0. The number of nitrogens with zero attached hydrogens (tertiary/aromatic N) is 1. The van der Waals surface area contributed by atoms with Crippen molar-refractivity contribution in [3.05, 3.63) is 16.1 Å². The van der Waals surface area contributed by atoms with Gasteiger partial charge in [-0.2, -0.15) is 24.9 Å². The zero-order valence-corrected chi connectivity index (χ0v) is 12.7. The van der Waals surface area contributed by atoms with Gasteiger partial charge in [0.2, 0.25) is 0 Å². The van der Waals surface area contributed by atoms with E-state index in [0.29, 0.717) is 22.8 Å². The topological polar surface area (TPSA) is 34.2 Å². The van der Waals surface area contributed by atoms with E-state index < -0.39 is 11.2 Å². The van der Waals surface area contributed by atoms with Crippen LogP contribution in [0.2, 0.25) is 0 Å². The van der Waals surface area contributed by atoms with Crippen LogP contribution in [0, 0.1) is 0 Å². The standard InChI is InChI=1S/C12H17F3N2OS2/c1-2-3-16-10(8-7-19-5-4-18-8)9-6-17-11(20-9)12(13,14)15/h6,8,10,16H,2-5,7H2,1H3. The van der Waals surface area contributed by atoms with Crippen molar-refractivity contribution in [2.45, 2.75) is 31.7 Å². The van der Waals surface area contributed by atoms with Gasteiger partial charge in [0.15, 0.2) is 5.01 Å². The number of alkyl halides is 3. The molecule has 2 unspecified atom stereocenters. The molecule has 0 saturated carbocycles. The van der Waals surface area contributed by atoms with E-state index in [9.17, 15) is 13.2 Å². The molecule has 1 aromatic rings. The lowest BCUT2D eigenvalue weighted by Crippen LogP contribution is -2.38. The Balaban J connectivity index is 2.14. The molecule has 1 saturated heterocycles. The average molecular weight is 326 g/mol. The minimum atomic E-state index is -4.37. The van der Waals surface area contributed by atoms with Crippen molar-refractivity contribution < 1.29 is 17.9 Å². The van der Waals surface area contributed by atoms with Crippen LogP contribution in [0.5, 0.6) is 0 Å². The molecule has 2 atom stereocenters. The Morgan fingerprint density at radius 1 is 1.55 bits per heavy atom. The van der Waals surface area contributed by atoms with Crippen LogP contribution in [0.3, 0.4) is 0 Å². The molecule has 1 fully saturated rings. The molecule has 3 nitrogen and oxygen atoms in total. The lowest BCUT2D eigenvalue weighted by atomic mass is 10.1. The molecule has 1 aromatic heterocycles. The van der Waals surface area contributed by atoms with Gasteiger partial charge in [-0.15, -0.1) is 11.3 Å². The highest BCUT2D eigenvalue weighted by Gasteiger charge is 2.36. The van der Waals surface area contributed by atoms with Crippen molar-refractivity contribution in [2.24, 2.45) is 0 Å². The van der Waals surface area contributed by atoms with Crippen molar-refractivity contribution in [2.75, 3.05) is 24.7 Å². The summed E-state index contributed by atoms with van der Waals surface area (Å²) in [5, 5.41) is 2.49. The maximum atomic E-state index is 12.7. The van der Waals surface area contributed by atoms with Crippen molar-refractivity contribution in [1.29, 1.82) is 0 Å². The summed E-state index contributed by atoms with van der Waals surface area (Å²) < 4.78 is 43.7. The lowest BCUT2D eigenvalue weighted by molar-refractivity contribution is -0.137. The van der Waals surface area contributed by atoms with Gasteiger partial charge in [0, 0.05) is 22.6 Å². The Labute approximate surface area is 124 Å². The fraction of sp³-hybridized carbons (Fsp3) is 0.750. The van der Waals surface area contributed by atoms with E-state index in [0.717, 1.165) is 24.5 Å². The number of halogens is 3. The fourth-order valence-electron chi connectivity index (χ4n) is 1.97. The van der Waals surface area contributed by atoms with E-state index in [-0.39, 0.29) is 12.1 Å². The van der Waals surface area contributed by atoms with E-state index in [1.54, 1.807) is 11.8 Å². The summed E-state index contributed by atoms with van der Waals surface area (Å²) in [6, 6.07) is -0.212. The maximum absolute atomic E-state index is 12.7. The zero-order valence-electron chi connectivity index (χ0n) is 11.1. The molecule has 0 aliphatic carbocycles. The van der Waals surface area contributed by atoms with Crippen molar-refractivity contribution in [3.8, 4) is 0 Å². The predicted molar refractivity (Wildman–Crippen MR) is 75.2 cm³/mol. The Kier molecular flexibility index (Phi) is 5.71. The van der Waals surface area contributed by atoms with Gasteiger partial charge in [-0.3, -0.25) is 0 Å². The average Bonchev–Trinajstić information content (AvgIpc) is 2.90. The van der Waals surface area contributed by atoms with Gasteiger partial charge >= 0.3 is 6.18 Å². The van der Waals surface area contributed by atoms with Gasteiger partial charge in [-0.05, 0) is 13.0 Å². The third kappa shape index (κ3) is 4.09. The summed E-state index contributed by atoms with van der Waals surface area (Å²) in [6.45, 7) is 3.41. The molecule has 0 amide bonds. The second kappa shape index (κ2) is 7.11. The van der Waals surface area contributed by atoms with E-state index in [1.807, 2.05) is 6.92 Å². The molecule has 114 valence electrons. The molecule has 0 aromatic carbocycles. The smallest absolute Gasteiger partial charge is 0.374 e. The molecule has 2 rings (SSSR count). The Morgan fingerprint density at radius 3 is 2.90 bits per heavy atom. The Morgan fingerprint density at radius 2 is 2.35 bits per heavy atom. The van der Waals surface area contributed by atoms with E-state index >= 15 is 0 Å². The van der Waals surface area contributed by atoms with Crippen LogP contribution in [0.4, 0.5) is 13.2 Å². The van der Waals surface area contributed by atoms with Gasteiger partial charge in [0.05, 0.1) is 18.8 Å². The molecule has 1 aliphatic heterocycles. The molecular weight excluding hydrogens is 309 g/mol. The highest BCUT2D eigenvalue weighted by Crippen LogP contribution is 2.36. The minimum absolute atomic E-state index is 0.0955. The van der Waals surface area contributed by atoms with Crippen LogP contribution in [0.1, 0.15) is 29.3 Å². The molecule has 0 spiro atoms. The molecule has 1 N–H and O–H groups in total. The van der Waals surface area contributed by atoms with Gasteiger partial charge < -0.3 is 10.1 Å². The zero-order chi connectivity index (χ0) is 14.6. The molecule has 8 heteroatoms. The molecule has 2 heterocycles. The lowest BCUT2D eigenvalue weighted by Gasteiger charge is -2.30. The maximum Gasteiger partial charge on any atom is 0.443 e. The third-order valence-electron chi connectivity index (χ3n) is 2.90. The predicted octanol–water partition coefficient (Wildman–Crippen LogP) is 3.33. The highest BCUT2D eigenvalue weighted by atomic mass is 32.2. The van der Waals surface area contributed by atoms with Crippen LogP contribution in [-0.2, 0) is 10.9 Å². The van der Waals surface area contributed by atoms with Gasteiger partial charge in [-0.25, -0.2) is 4.98 Å². The second-order valence-electron chi connectivity index (χ2n) is 4.48. The first-order chi connectivity index (χ1) is 9.52. The van der Waals surface area contributed by atoms with Crippen LogP contribution < -0.4 is 5.32 Å². The Bertz CT molecular complexity index is 419. The first kappa shape index (κ1) is 16.1. The van der Waals surface area contributed by atoms with E-state index in [2.05, 4.69) is 10.3 Å². The highest BCUT2D eigenvalue weighted by molar-refractivity contribution is 7.99. The quantitative estimate of drug-likeness (QED) is 0.900. The van der Waals surface area contributed by atoms with Gasteiger partial charge in [0.1, 0.15) is 0 Å². The summed E-state index contributed by atoms with van der Waals surface area (Å²) >= 11 is 2.47. The number of ether oxygens (including phenoxy) is 1. The summed E-state index contributed by atoms with van der Waals surface area (Å²) in [5.74, 6) is 1.73. The van der Waals surface area contributed by atoms with Crippen molar-refractivity contribution in [1.82, 2.24) is 10.3 Å².